The number of fused-ring (bicyclic) bond motifs is 1. The van der Waals surface area contributed by atoms with Crippen LogP contribution in [-0.2, 0) is 20.7 Å². The highest BCUT2D eigenvalue weighted by Gasteiger charge is 2.02. The first-order valence-corrected chi connectivity index (χ1v) is 9.95. The highest BCUT2D eigenvalue weighted by atomic mass is 16.6. The topological polar surface area (TPSA) is 54.0 Å². The summed E-state index contributed by atoms with van der Waals surface area (Å²) in [5.74, 6) is 1.19. The maximum absolute atomic E-state index is 10.9. The Kier molecular flexibility index (Phi) is 8.30. The van der Waals surface area contributed by atoms with Crippen LogP contribution in [0.15, 0.2) is 79.4 Å². The van der Waals surface area contributed by atoms with E-state index in [1.807, 2.05) is 54.6 Å². The summed E-state index contributed by atoms with van der Waals surface area (Å²) in [5, 5.41) is 2.18. The molecule has 0 atom stereocenters. The number of carbonyl (C=O) groups excluding carboxylic acids is 1. The van der Waals surface area contributed by atoms with Crippen LogP contribution in [-0.4, -0.2) is 39.0 Å². The van der Waals surface area contributed by atoms with Crippen molar-refractivity contribution in [1.82, 2.24) is 0 Å². The molecule has 0 aliphatic heterocycles. The van der Waals surface area contributed by atoms with Crippen LogP contribution in [0.4, 0.5) is 0 Å². The lowest BCUT2D eigenvalue weighted by Crippen LogP contribution is -2.12. The van der Waals surface area contributed by atoms with Crippen molar-refractivity contribution in [3.05, 3.63) is 84.9 Å². The molecule has 5 nitrogen and oxygen atoms in total. The predicted octanol–water partition coefficient (Wildman–Crippen LogP) is 4.59. The van der Waals surface area contributed by atoms with Gasteiger partial charge in [0.25, 0.3) is 0 Å². The van der Waals surface area contributed by atoms with Crippen molar-refractivity contribution in [2.75, 3.05) is 33.0 Å². The summed E-state index contributed by atoms with van der Waals surface area (Å²) in [6.45, 7) is 5.34. The Morgan fingerprint density at radius 2 is 1.40 bits per heavy atom. The maximum atomic E-state index is 10.9. The number of rotatable bonds is 12. The minimum atomic E-state index is -0.448. The molecule has 0 aliphatic carbocycles. The molecular weight excluding hydrogens is 380 g/mol. The van der Waals surface area contributed by atoms with E-state index in [9.17, 15) is 4.79 Å². The molecule has 0 aromatic heterocycles. The molecule has 0 N–H and O–H groups in total. The fourth-order valence-electron chi connectivity index (χ4n) is 2.89. The zero-order valence-corrected chi connectivity index (χ0v) is 16.9. The Labute approximate surface area is 176 Å². The van der Waals surface area contributed by atoms with Gasteiger partial charge in [0.05, 0.1) is 19.8 Å². The molecule has 0 heterocycles. The average molecular weight is 406 g/mol. The second kappa shape index (κ2) is 11.6. The smallest absolute Gasteiger partial charge is 0.330 e. The van der Waals surface area contributed by atoms with Crippen LogP contribution in [0.3, 0.4) is 0 Å². The molecule has 0 saturated carbocycles. The largest absolute Gasteiger partial charge is 0.493 e. The minimum Gasteiger partial charge on any atom is -0.493 e. The zero-order valence-electron chi connectivity index (χ0n) is 16.9. The van der Waals surface area contributed by atoms with E-state index in [2.05, 4.69) is 18.7 Å². The molecule has 3 aromatic carbocycles. The molecule has 0 saturated heterocycles. The van der Waals surface area contributed by atoms with E-state index < -0.39 is 5.97 Å². The second-order valence-corrected chi connectivity index (χ2v) is 6.59. The molecule has 0 fully saturated rings. The van der Waals surface area contributed by atoms with Gasteiger partial charge in [0.15, 0.2) is 0 Å². The number of hydrogen-bond donors (Lipinski definition) is 0. The van der Waals surface area contributed by atoms with E-state index >= 15 is 0 Å². The Hall–Kier alpha value is -3.31. The molecule has 0 unspecified atom stereocenters. The van der Waals surface area contributed by atoms with Crippen molar-refractivity contribution in [1.29, 1.82) is 0 Å². The Bertz CT molecular complexity index is 952. The normalized spacial score (nSPS) is 10.5. The summed E-state index contributed by atoms with van der Waals surface area (Å²) in [6.07, 6.45) is 2.01. The SMILES string of the molecule is C=CC(=O)OCCOCCOc1ccc2cc(OCCc3ccccc3)ccc2c1. The Balaban J connectivity index is 1.41. The van der Waals surface area contributed by atoms with E-state index in [1.165, 1.54) is 5.56 Å². The first-order valence-electron chi connectivity index (χ1n) is 9.95. The number of hydrogen-bond acceptors (Lipinski definition) is 5. The van der Waals surface area contributed by atoms with Gasteiger partial charge in [0, 0.05) is 12.5 Å². The van der Waals surface area contributed by atoms with Gasteiger partial charge in [0.1, 0.15) is 24.7 Å². The quantitative estimate of drug-likeness (QED) is 0.250. The van der Waals surface area contributed by atoms with Crippen molar-refractivity contribution in [2.45, 2.75) is 6.42 Å². The Morgan fingerprint density at radius 3 is 2.07 bits per heavy atom. The van der Waals surface area contributed by atoms with E-state index in [-0.39, 0.29) is 6.61 Å². The zero-order chi connectivity index (χ0) is 21.0. The molecule has 0 radical (unpaired) electrons. The summed E-state index contributed by atoms with van der Waals surface area (Å²) in [5.41, 5.74) is 1.27. The molecule has 5 heteroatoms. The van der Waals surface area contributed by atoms with Crippen LogP contribution in [0.25, 0.3) is 10.8 Å². The van der Waals surface area contributed by atoms with Crippen LogP contribution < -0.4 is 9.47 Å². The molecule has 0 spiro atoms. The van der Waals surface area contributed by atoms with Crippen LogP contribution in [0.1, 0.15) is 5.56 Å². The van der Waals surface area contributed by atoms with Gasteiger partial charge < -0.3 is 18.9 Å². The van der Waals surface area contributed by atoms with Gasteiger partial charge in [-0.15, -0.1) is 0 Å². The fourth-order valence-corrected chi connectivity index (χ4v) is 2.89. The fraction of sp³-hybridized carbons (Fsp3) is 0.240. The summed E-state index contributed by atoms with van der Waals surface area (Å²) in [6, 6.07) is 22.3. The van der Waals surface area contributed by atoms with Gasteiger partial charge >= 0.3 is 5.97 Å². The van der Waals surface area contributed by atoms with Crippen molar-refractivity contribution in [2.24, 2.45) is 0 Å². The molecule has 3 aromatic rings. The third kappa shape index (κ3) is 6.94. The van der Waals surface area contributed by atoms with Crippen molar-refractivity contribution in [3.63, 3.8) is 0 Å². The number of ether oxygens (including phenoxy) is 4. The van der Waals surface area contributed by atoms with Crippen LogP contribution in [0.2, 0.25) is 0 Å². The molecule has 3 rings (SSSR count). The van der Waals surface area contributed by atoms with Crippen LogP contribution in [0.5, 0.6) is 11.5 Å². The van der Waals surface area contributed by atoms with Gasteiger partial charge in [-0.05, 0) is 40.6 Å². The van der Waals surface area contributed by atoms with Crippen LogP contribution in [0, 0.1) is 0 Å². The summed E-state index contributed by atoms with van der Waals surface area (Å²) < 4.78 is 21.8. The summed E-state index contributed by atoms with van der Waals surface area (Å²) in [7, 11) is 0. The molecule has 156 valence electrons. The van der Waals surface area contributed by atoms with Crippen molar-refractivity contribution >= 4 is 16.7 Å². The Morgan fingerprint density at radius 1 is 0.767 bits per heavy atom. The van der Waals surface area contributed by atoms with E-state index in [0.717, 1.165) is 34.8 Å². The third-order valence-corrected chi connectivity index (χ3v) is 4.42. The van der Waals surface area contributed by atoms with Gasteiger partial charge in [-0.1, -0.05) is 49.0 Å². The van der Waals surface area contributed by atoms with E-state index in [0.29, 0.717) is 26.4 Å². The molecule has 0 aliphatic rings. The lowest BCUT2D eigenvalue weighted by atomic mass is 10.1. The van der Waals surface area contributed by atoms with E-state index in [4.69, 9.17) is 18.9 Å². The standard InChI is InChI=1S/C25H26O5/c1-2-25(26)30-17-15-27-14-16-29-24-11-9-21-18-23(10-8-22(21)19-24)28-13-12-20-6-4-3-5-7-20/h2-11,18-19H,1,12-17H2. The third-order valence-electron chi connectivity index (χ3n) is 4.42. The highest BCUT2D eigenvalue weighted by Crippen LogP contribution is 2.25. The second-order valence-electron chi connectivity index (χ2n) is 6.59. The molecular formula is C25H26O5. The molecule has 0 bridgehead atoms. The summed E-state index contributed by atoms with van der Waals surface area (Å²) >= 11 is 0. The van der Waals surface area contributed by atoms with Gasteiger partial charge in [-0.2, -0.15) is 0 Å². The van der Waals surface area contributed by atoms with Crippen molar-refractivity contribution < 1.29 is 23.7 Å². The van der Waals surface area contributed by atoms with Gasteiger partial charge in [-0.3, -0.25) is 0 Å². The van der Waals surface area contributed by atoms with Gasteiger partial charge in [0.2, 0.25) is 0 Å². The van der Waals surface area contributed by atoms with E-state index in [1.54, 1.807) is 0 Å². The highest BCUT2D eigenvalue weighted by molar-refractivity contribution is 5.85. The predicted molar refractivity (Wildman–Crippen MR) is 117 cm³/mol. The number of esters is 1. The number of benzene rings is 3. The maximum Gasteiger partial charge on any atom is 0.330 e. The number of carbonyl (C=O) groups is 1. The molecule has 0 amide bonds. The lowest BCUT2D eigenvalue weighted by Gasteiger charge is -2.10. The average Bonchev–Trinajstić information content (AvgIpc) is 2.79. The monoisotopic (exact) mass is 406 g/mol. The van der Waals surface area contributed by atoms with Crippen molar-refractivity contribution in [3.8, 4) is 11.5 Å². The summed E-state index contributed by atoms with van der Waals surface area (Å²) in [4.78, 5) is 10.9. The molecule has 30 heavy (non-hydrogen) atoms. The first-order chi connectivity index (χ1) is 14.7. The van der Waals surface area contributed by atoms with Crippen LogP contribution >= 0.6 is 0 Å². The minimum absolute atomic E-state index is 0.205. The van der Waals surface area contributed by atoms with Gasteiger partial charge in [-0.25, -0.2) is 4.79 Å². The lowest BCUT2D eigenvalue weighted by molar-refractivity contribution is -0.139. The first kappa shape index (κ1) is 21.4.